The van der Waals surface area contributed by atoms with Crippen LogP contribution in [-0.2, 0) is 14.3 Å². The van der Waals surface area contributed by atoms with Gasteiger partial charge in [0.2, 0.25) is 0 Å². The highest BCUT2D eigenvalue weighted by Crippen LogP contribution is 2.64. The van der Waals surface area contributed by atoms with Crippen LogP contribution >= 0.6 is 0 Å². The van der Waals surface area contributed by atoms with Crippen molar-refractivity contribution in [2.75, 3.05) is 0 Å². The Hall–Kier alpha value is -1.12. The monoisotopic (exact) mass is 328 g/mol. The molecule has 0 N–H and O–H groups in total. The van der Waals surface area contributed by atoms with E-state index in [9.17, 15) is 9.59 Å². The van der Waals surface area contributed by atoms with Crippen molar-refractivity contribution in [3.05, 3.63) is 11.6 Å². The van der Waals surface area contributed by atoms with E-state index in [-0.39, 0.29) is 17.5 Å². The van der Waals surface area contributed by atoms with Gasteiger partial charge in [-0.2, -0.15) is 0 Å². The van der Waals surface area contributed by atoms with Gasteiger partial charge in [-0.05, 0) is 80.6 Å². The highest BCUT2D eigenvalue weighted by atomic mass is 16.5. The number of carbonyl (C=O) groups is 2. The van der Waals surface area contributed by atoms with Crippen molar-refractivity contribution in [2.45, 2.75) is 70.8 Å². The lowest BCUT2D eigenvalue weighted by molar-refractivity contribution is -0.168. The molecular weight excluding hydrogens is 300 g/mol. The zero-order valence-corrected chi connectivity index (χ0v) is 14.6. The lowest BCUT2D eigenvalue weighted by Crippen LogP contribution is -2.49. The predicted molar refractivity (Wildman–Crippen MR) is 90.1 cm³/mol. The van der Waals surface area contributed by atoms with E-state index in [4.69, 9.17) is 4.74 Å². The highest BCUT2D eigenvalue weighted by molar-refractivity contribution is 5.91. The quantitative estimate of drug-likeness (QED) is 0.630. The van der Waals surface area contributed by atoms with E-state index in [0.29, 0.717) is 24.0 Å². The van der Waals surface area contributed by atoms with Crippen LogP contribution in [0.3, 0.4) is 0 Å². The Labute approximate surface area is 144 Å². The molecule has 0 aromatic heterocycles. The van der Waals surface area contributed by atoms with Crippen molar-refractivity contribution in [3.63, 3.8) is 0 Å². The van der Waals surface area contributed by atoms with Crippen molar-refractivity contribution >= 4 is 11.8 Å². The van der Waals surface area contributed by atoms with Gasteiger partial charge in [-0.25, -0.2) is 0 Å². The maximum atomic E-state index is 11.9. The van der Waals surface area contributed by atoms with Gasteiger partial charge in [0.15, 0.2) is 5.78 Å². The number of allylic oxidation sites excluding steroid dienone is 1. The number of rotatable bonds is 0. The van der Waals surface area contributed by atoms with Crippen LogP contribution in [0.1, 0.15) is 64.7 Å². The van der Waals surface area contributed by atoms with Crippen molar-refractivity contribution in [2.24, 2.45) is 35.0 Å². The molecule has 5 aliphatic rings. The van der Waals surface area contributed by atoms with E-state index in [2.05, 4.69) is 6.92 Å². The molecule has 0 aromatic rings. The lowest BCUT2D eigenvalue weighted by Gasteiger charge is -2.53. The maximum absolute atomic E-state index is 11.9. The summed E-state index contributed by atoms with van der Waals surface area (Å²) in [6, 6.07) is 0. The number of ketones is 1. The molecule has 24 heavy (non-hydrogen) atoms. The van der Waals surface area contributed by atoms with Crippen LogP contribution < -0.4 is 0 Å². The Morgan fingerprint density at radius 3 is 2.79 bits per heavy atom. The van der Waals surface area contributed by atoms with Crippen LogP contribution in [0.2, 0.25) is 0 Å². The molecule has 3 heteroatoms. The van der Waals surface area contributed by atoms with Gasteiger partial charge in [0.1, 0.15) is 6.10 Å². The fourth-order valence-corrected chi connectivity index (χ4v) is 7.32. The van der Waals surface area contributed by atoms with Gasteiger partial charge in [-0.15, -0.1) is 0 Å². The first-order chi connectivity index (χ1) is 11.6. The molecular formula is C21H28O3. The first-order valence-electron chi connectivity index (χ1n) is 9.99. The molecule has 4 aliphatic carbocycles. The molecule has 0 amide bonds. The molecule has 0 aromatic carbocycles. The van der Waals surface area contributed by atoms with Crippen LogP contribution in [0.15, 0.2) is 11.6 Å². The summed E-state index contributed by atoms with van der Waals surface area (Å²) in [4.78, 5) is 23.7. The van der Waals surface area contributed by atoms with Gasteiger partial charge in [-0.1, -0.05) is 12.5 Å². The smallest absolute Gasteiger partial charge is 0.306 e. The summed E-state index contributed by atoms with van der Waals surface area (Å²) in [6.45, 7) is 2.41. The minimum atomic E-state index is 0.0277. The Morgan fingerprint density at radius 1 is 1.04 bits per heavy atom. The van der Waals surface area contributed by atoms with E-state index in [1.807, 2.05) is 6.08 Å². The van der Waals surface area contributed by atoms with E-state index in [1.165, 1.54) is 31.3 Å². The number of hydrogen-bond acceptors (Lipinski definition) is 3. The Balaban J connectivity index is 1.44. The molecule has 3 nitrogen and oxygen atoms in total. The highest BCUT2D eigenvalue weighted by Gasteiger charge is 2.61. The summed E-state index contributed by atoms with van der Waals surface area (Å²) in [7, 11) is 0. The molecule has 7 unspecified atom stereocenters. The lowest BCUT2D eigenvalue weighted by atomic mass is 9.52. The molecule has 0 spiro atoms. The zero-order chi connectivity index (χ0) is 16.5. The van der Waals surface area contributed by atoms with Crippen molar-refractivity contribution in [1.29, 1.82) is 0 Å². The van der Waals surface area contributed by atoms with Gasteiger partial charge in [0.05, 0.1) is 0 Å². The molecule has 130 valence electrons. The Bertz CT molecular complexity index is 621. The largest absolute Gasteiger partial charge is 0.461 e. The predicted octanol–water partition coefficient (Wildman–Crippen LogP) is 4.06. The molecule has 7 atom stereocenters. The summed E-state index contributed by atoms with van der Waals surface area (Å²) >= 11 is 0. The summed E-state index contributed by atoms with van der Waals surface area (Å²) in [6.07, 6.45) is 11.7. The van der Waals surface area contributed by atoms with E-state index in [0.717, 1.165) is 43.4 Å². The normalized spacial score (nSPS) is 50.1. The second-order valence-electron chi connectivity index (χ2n) is 9.29. The summed E-state index contributed by atoms with van der Waals surface area (Å²) in [5.41, 5.74) is 1.66. The molecule has 3 saturated carbocycles. The molecule has 1 aliphatic heterocycles. The van der Waals surface area contributed by atoms with Gasteiger partial charge in [0, 0.05) is 18.3 Å². The first kappa shape index (κ1) is 15.2. The number of esters is 1. The van der Waals surface area contributed by atoms with E-state index < -0.39 is 0 Å². The van der Waals surface area contributed by atoms with Crippen molar-refractivity contribution < 1.29 is 14.3 Å². The first-order valence-corrected chi connectivity index (χ1v) is 9.99. The minimum absolute atomic E-state index is 0.0277. The number of hydrogen-bond donors (Lipinski definition) is 0. The molecule has 5 rings (SSSR count). The average molecular weight is 328 g/mol. The third-order valence-electron chi connectivity index (χ3n) is 8.35. The van der Waals surface area contributed by atoms with Crippen LogP contribution in [-0.4, -0.2) is 17.9 Å². The number of ether oxygens (including phenoxy) is 1. The second kappa shape index (κ2) is 5.19. The molecule has 0 bridgehead atoms. The third-order valence-corrected chi connectivity index (χ3v) is 8.35. The standard InChI is InChI=1S/C21H28O3/c1-21-9-8-16-15-6-4-14(22)10-12(15)2-5-17(16)18(21)11-13-3-7-19(23)24-20(13)21/h10,13,15-18,20H,2-9,11H2,1H3. The van der Waals surface area contributed by atoms with Gasteiger partial charge in [0.25, 0.3) is 0 Å². The SMILES string of the molecule is CC12CCC3C4CCC(=O)C=C4CCC3C1CC1CCC(=O)OC12. The molecule has 0 radical (unpaired) electrons. The van der Waals surface area contributed by atoms with Crippen LogP contribution in [0.4, 0.5) is 0 Å². The van der Waals surface area contributed by atoms with Crippen LogP contribution in [0.5, 0.6) is 0 Å². The van der Waals surface area contributed by atoms with E-state index in [1.54, 1.807) is 0 Å². The minimum Gasteiger partial charge on any atom is -0.461 e. The van der Waals surface area contributed by atoms with Crippen molar-refractivity contribution in [1.82, 2.24) is 0 Å². The summed E-state index contributed by atoms with van der Waals surface area (Å²) < 4.78 is 5.89. The van der Waals surface area contributed by atoms with Crippen LogP contribution in [0, 0.1) is 35.0 Å². The second-order valence-corrected chi connectivity index (χ2v) is 9.29. The fourth-order valence-electron chi connectivity index (χ4n) is 7.32. The topological polar surface area (TPSA) is 43.4 Å². The van der Waals surface area contributed by atoms with Crippen molar-refractivity contribution in [3.8, 4) is 0 Å². The number of carbonyl (C=O) groups excluding carboxylic acids is 2. The van der Waals surface area contributed by atoms with Gasteiger partial charge >= 0.3 is 5.97 Å². The van der Waals surface area contributed by atoms with Gasteiger partial charge in [-0.3, -0.25) is 9.59 Å². The van der Waals surface area contributed by atoms with E-state index >= 15 is 0 Å². The maximum Gasteiger partial charge on any atom is 0.306 e. The average Bonchev–Trinajstić information content (AvgIpc) is 2.87. The third kappa shape index (κ3) is 2.02. The summed E-state index contributed by atoms with van der Waals surface area (Å²) in [5, 5.41) is 0. The molecule has 4 fully saturated rings. The zero-order valence-electron chi connectivity index (χ0n) is 14.6. The van der Waals surface area contributed by atoms with Gasteiger partial charge < -0.3 is 4.74 Å². The summed E-state index contributed by atoms with van der Waals surface area (Å²) in [5.74, 6) is 3.91. The molecule has 1 saturated heterocycles. The Morgan fingerprint density at radius 2 is 1.92 bits per heavy atom. The number of fused-ring (bicyclic) bond motifs is 7. The van der Waals surface area contributed by atoms with Crippen LogP contribution in [0.25, 0.3) is 0 Å². The molecule has 1 heterocycles. The fraction of sp³-hybridized carbons (Fsp3) is 0.810. The Kier molecular flexibility index (Phi) is 3.28.